The van der Waals surface area contributed by atoms with Gasteiger partial charge >= 0.3 is 0 Å². The van der Waals surface area contributed by atoms with Gasteiger partial charge in [-0.1, -0.05) is 6.07 Å². The number of aryl methyl sites for hydroxylation is 1. The van der Waals surface area contributed by atoms with E-state index in [0.717, 1.165) is 26.3 Å². The molecule has 0 radical (unpaired) electrons. The Labute approximate surface area is 117 Å². The molecule has 1 N–H and O–H groups in total. The van der Waals surface area contributed by atoms with Crippen LogP contribution in [0.5, 0.6) is 0 Å². The van der Waals surface area contributed by atoms with Crippen LogP contribution in [0, 0.1) is 6.92 Å². The molecule has 0 unspecified atom stereocenters. The van der Waals surface area contributed by atoms with Gasteiger partial charge in [-0.15, -0.1) is 0 Å². The van der Waals surface area contributed by atoms with Crippen LogP contribution < -0.4 is 5.32 Å². The molecule has 2 heterocycles. The number of nitrogens with zero attached hydrogens (tertiary/aromatic N) is 2. The summed E-state index contributed by atoms with van der Waals surface area (Å²) in [7, 11) is 0. The van der Waals surface area contributed by atoms with Crippen LogP contribution in [0.2, 0.25) is 0 Å². The zero-order valence-corrected chi connectivity index (χ0v) is 12.4. The first-order chi connectivity index (χ1) is 8.15. The summed E-state index contributed by atoms with van der Waals surface area (Å²) in [5, 5.41) is 3.32. The number of aromatic nitrogens is 2. The summed E-state index contributed by atoms with van der Waals surface area (Å²) >= 11 is 6.70. The third-order valence-electron chi connectivity index (χ3n) is 2.28. The summed E-state index contributed by atoms with van der Waals surface area (Å²) in [5.74, 6) is 0. The maximum absolute atomic E-state index is 4.36. The van der Waals surface area contributed by atoms with Gasteiger partial charge in [0.25, 0.3) is 0 Å². The van der Waals surface area contributed by atoms with Crippen molar-refractivity contribution < 1.29 is 0 Å². The van der Waals surface area contributed by atoms with Crippen LogP contribution in [-0.2, 0) is 6.54 Å². The van der Waals surface area contributed by atoms with Gasteiger partial charge in [-0.2, -0.15) is 0 Å². The lowest BCUT2D eigenvalue weighted by Crippen LogP contribution is -2.03. The molecule has 0 amide bonds. The van der Waals surface area contributed by atoms with E-state index in [0.29, 0.717) is 6.54 Å². The highest BCUT2D eigenvalue weighted by Crippen LogP contribution is 2.17. The summed E-state index contributed by atoms with van der Waals surface area (Å²) < 4.78 is 1.70. The number of hydrogen-bond donors (Lipinski definition) is 1. The maximum Gasteiger partial charge on any atom is 0.106 e. The van der Waals surface area contributed by atoms with Crippen LogP contribution in [0.1, 0.15) is 11.4 Å². The van der Waals surface area contributed by atoms with Crippen LogP contribution in [0.25, 0.3) is 0 Å². The van der Waals surface area contributed by atoms with Crippen molar-refractivity contribution >= 4 is 37.5 Å². The zero-order valence-electron chi connectivity index (χ0n) is 9.24. The second kappa shape index (κ2) is 5.60. The molecule has 0 atom stereocenters. The van der Waals surface area contributed by atoms with Crippen LogP contribution in [0.3, 0.4) is 0 Å². The molecule has 0 spiro atoms. The van der Waals surface area contributed by atoms with E-state index in [9.17, 15) is 0 Å². The monoisotopic (exact) mass is 355 g/mol. The molecule has 0 saturated carbocycles. The highest BCUT2D eigenvalue weighted by atomic mass is 79.9. The minimum atomic E-state index is 0.684. The van der Waals surface area contributed by atoms with Crippen LogP contribution in [-0.4, -0.2) is 9.97 Å². The van der Waals surface area contributed by atoms with Gasteiger partial charge in [-0.05, 0) is 63.0 Å². The number of hydrogen-bond acceptors (Lipinski definition) is 3. The first-order valence-corrected chi connectivity index (χ1v) is 6.72. The smallest absolute Gasteiger partial charge is 0.106 e. The predicted octanol–water partition coefficient (Wildman–Crippen LogP) is 3.92. The van der Waals surface area contributed by atoms with Crippen molar-refractivity contribution in [3.63, 3.8) is 0 Å². The van der Waals surface area contributed by atoms with E-state index in [1.807, 2.05) is 37.3 Å². The molecule has 5 heteroatoms. The molecule has 88 valence electrons. The lowest BCUT2D eigenvalue weighted by atomic mass is 10.3. The Bertz CT molecular complexity index is 529. The minimum absolute atomic E-state index is 0.684. The molecule has 0 aliphatic rings. The third kappa shape index (κ3) is 3.51. The van der Waals surface area contributed by atoms with Gasteiger partial charge in [0.15, 0.2) is 0 Å². The van der Waals surface area contributed by atoms with Crippen molar-refractivity contribution in [2.75, 3.05) is 5.32 Å². The Kier molecular flexibility index (Phi) is 4.12. The lowest BCUT2D eigenvalue weighted by Gasteiger charge is -2.08. The fraction of sp³-hybridized carbons (Fsp3) is 0.167. The molecule has 0 saturated heterocycles. The van der Waals surface area contributed by atoms with Gasteiger partial charge in [0.05, 0.1) is 23.6 Å². The molecule has 2 aromatic rings. The van der Waals surface area contributed by atoms with Crippen molar-refractivity contribution in [1.29, 1.82) is 0 Å². The quantitative estimate of drug-likeness (QED) is 0.847. The second-order valence-electron chi connectivity index (χ2n) is 3.57. The standard InChI is InChI=1S/C12H11Br2N3/c1-8-10(5-6-12(14)16-8)15-7-9-3-2-4-11(13)17-9/h2-6,15H,7H2,1H3. The number of rotatable bonds is 3. The first kappa shape index (κ1) is 12.5. The van der Waals surface area contributed by atoms with E-state index < -0.39 is 0 Å². The van der Waals surface area contributed by atoms with Crippen molar-refractivity contribution in [2.45, 2.75) is 13.5 Å². The van der Waals surface area contributed by atoms with E-state index in [-0.39, 0.29) is 0 Å². The van der Waals surface area contributed by atoms with Crippen molar-refractivity contribution in [1.82, 2.24) is 9.97 Å². The normalized spacial score (nSPS) is 10.3. The van der Waals surface area contributed by atoms with E-state index >= 15 is 0 Å². The molecule has 0 aromatic carbocycles. The maximum atomic E-state index is 4.36. The zero-order chi connectivity index (χ0) is 12.3. The molecule has 2 aromatic heterocycles. The number of anilines is 1. The minimum Gasteiger partial charge on any atom is -0.378 e. The Morgan fingerprint density at radius 2 is 1.82 bits per heavy atom. The van der Waals surface area contributed by atoms with Gasteiger partial charge in [-0.3, -0.25) is 0 Å². The highest BCUT2D eigenvalue weighted by Gasteiger charge is 2.01. The third-order valence-corrected chi connectivity index (χ3v) is 3.17. The van der Waals surface area contributed by atoms with E-state index in [1.165, 1.54) is 0 Å². The van der Waals surface area contributed by atoms with Gasteiger partial charge in [-0.25, -0.2) is 9.97 Å². The van der Waals surface area contributed by atoms with E-state index in [2.05, 4.69) is 47.1 Å². The Morgan fingerprint density at radius 1 is 1.06 bits per heavy atom. The lowest BCUT2D eigenvalue weighted by molar-refractivity contribution is 1.02. The number of halogens is 2. The first-order valence-electron chi connectivity index (χ1n) is 5.13. The summed E-state index contributed by atoms with van der Waals surface area (Å²) in [4.78, 5) is 8.69. The second-order valence-corrected chi connectivity index (χ2v) is 5.20. The number of nitrogens with one attached hydrogen (secondary N) is 1. The van der Waals surface area contributed by atoms with Crippen molar-refractivity contribution in [2.24, 2.45) is 0 Å². The van der Waals surface area contributed by atoms with Crippen LogP contribution >= 0.6 is 31.9 Å². The molecule has 0 aliphatic heterocycles. The summed E-state index contributed by atoms with van der Waals surface area (Å²) in [6.45, 7) is 2.66. The van der Waals surface area contributed by atoms with E-state index in [4.69, 9.17) is 0 Å². The SMILES string of the molecule is Cc1nc(Br)ccc1NCc1cccc(Br)n1. The molecular formula is C12H11Br2N3. The topological polar surface area (TPSA) is 37.8 Å². The molecule has 0 bridgehead atoms. The van der Waals surface area contributed by atoms with Crippen molar-refractivity contribution in [3.05, 3.63) is 50.9 Å². The molecule has 0 aliphatic carbocycles. The number of pyridine rings is 2. The Hall–Kier alpha value is -0.940. The summed E-state index contributed by atoms with van der Waals surface area (Å²) in [6.07, 6.45) is 0. The fourth-order valence-corrected chi connectivity index (χ4v) is 2.23. The largest absolute Gasteiger partial charge is 0.378 e. The van der Waals surface area contributed by atoms with Crippen LogP contribution in [0.4, 0.5) is 5.69 Å². The van der Waals surface area contributed by atoms with Gasteiger partial charge in [0.2, 0.25) is 0 Å². The Balaban J connectivity index is 2.07. The average Bonchev–Trinajstić information content (AvgIpc) is 2.28. The molecule has 0 fully saturated rings. The molecule has 3 nitrogen and oxygen atoms in total. The fourth-order valence-electron chi connectivity index (χ4n) is 1.45. The predicted molar refractivity (Wildman–Crippen MR) is 75.9 cm³/mol. The van der Waals surface area contributed by atoms with Gasteiger partial charge in [0.1, 0.15) is 9.21 Å². The van der Waals surface area contributed by atoms with Crippen LogP contribution in [0.15, 0.2) is 39.5 Å². The van der Waals surface area contributed by atoms with Crippen molar-refractivity contribution in [3.8, 4) is 0 Å². The highest BCUT2D eigenvalue weighted by molar-refractivity contribution is 9.10. The molecular weight excluding hydrogens is 346 g/mol. The average molecular weight is 357 g/mol. The Morgan fingerprint density at radius 3 is 2.53 bits per heavy atom. The summed E-state index contributed by atoms with van der Waals surface area (Å²) in [5.41, 5.74) is 2.98. The molecule has 17 heavy (non-hydrogen) atoms. The van der Waals surface area contributed by atoms with Gasteiger partial charge in [0, 0.05) is 0 Å². The molecule has 2 rings (SSSR count). The summed E-state index contributed by atoms with van der Waals surface area (Å²) in [6, 6.07) is 9.80. The van der Waals surface area contributed by atoms with Gasteiger partial charge < -0.3 is 5.32 Å². The van der Waals surface area contributed by atoms with E-state index in [1.54, 1.807) is 0 Å².